The van der Waals surface area contributed by atoms with Gasteiger partial charge in [-0.1, -0.05) is 0 Å². The highest BCUT2D eigenvalue weighted by molar-refractivity contribution is 5.88. The third-order valence-corrected chi connectivity index (χ3v) is 9.53. The fourth-order valence-corrected chi connectivity index (χ4v) is 6.55. The number of carbonyl (C=O) groups excluding carboxylic acids is 1. The molecule has 0 saturated carbocycles. The maximum absolute atomic E-state index is 14.1. The van der Waals surface area contributed by atoms with Crippen LogP contribution >= 0.6 is 0 Å². The van der Waals surface area contributed by atoms with Crippen LogP contribution in [-0.2, 0) is 33.2 Å². The molecule has 2 aromatic carbocycles. The van der Waals surface area contributed by atoms with E-state index in [1.807, 2.05) is 0 Å². The van der Waals surface area contributed by atoms with E-state index in [1.165, 1.54) is 38.1 Å². The van der Waals surface area contributed by atoms with E-state index in [1.54, 1.807) is 0 Å². The fraction of sp³-hybridized carbons (Fsp3) is 0.543. The lowest BCUT2D eigenvalue weighted by atomic mass is 9.97. The van der Waals surface area contributed by atoms with Crippen LogP contribution in [0, 0.1) is 0 Å². The SMILES string of the molecule is CC(=O)OC1C(C)OC(OC2C(Oc3c(-c4ccc(O)cc4)oc4cc(O)cc(O)c4c3=O)OC(COC3OC(C)C(O)C(O)C3O)C(O)C2O)C(O)C1O. The van der Waals surface area contributed by atoms with E-state index in [-0.39, 0.29) is 22.7 Å². The Morgan fingerprint density at radius 1 is 0.709 bits per heavy atom. The molecule has 3 aliphatic heterocycles. The molecule has 0 amide bonds. The zero-order valence-corrected chi connectivity index (χ0v) is 29.4. The lowest BCUT2D eigenvalue weighted by molar-refractivity contribution is -0.360. The van der Waals surface area contributed by atoms with Crippen LogP contribution in [0.15, 0.2) is 45.6 Å². The van der Waals surface area contributed by atoms with Gasteiger partial charge in [-0.3, -0.25) is 9.59 Å². The van der Waals surface area contributed by atoms with Gasteiger partial charge in [-0.05, 0) is 38.1 Å². The molecule has 55 heavy (non-hydrogen) atoms. The van der Waals surface area contributed by atoms with E-state index in [0.717, 1.165) is 19.1 Å². The van der Waals surface area contributed by atoms with Crippen molar-refractivity contribution in [1.29, 1.82) is 0 Å². The topological polar surface area (TPSA) is 314 Å². The zero-order chi connectivity index (χ0) is 40.0. The van der Waals surface area contributed by atoms with Gasteiger partial charge in [0, 0.05) is 24.6 Å². The molecule has 302 valence electrons. The Bertz CT molecular complexity index is 1880. The smallest absolute Gasteiger partial charge is 0.303 e. The summed E-state index contributed by atoms with van der Waals surface area (Å²) in [7, 11) is 0. The van der Waals surface area contributed by atoms with Crippen LogP contribution in [0.1, 0.15) is 20.8 Å². The number of rotatable bonds is 9. The van der Waals surface area contributed by atoms with Crippen molar-refractivity contribution in [3.8, 4) is 34.3 Å². The molecular formula is C35H42O20. The second kappa shape index (κ2) is 16.1. The molecule has 15 atom stereocenters. The molecule has 0 bridgehead atoms. The Morgan fingerprint density at radius 3 is 2.02 bits per heavy atom. The average molecular weight is 783 g/mol. The summed E-state index contributed by atoms with van der Waals surface area (Å²) >= 11 is 0. The van der Waals surface area contributed by atoms with Crippen molar-refractivity contribution in [2.45, 2.75) is 113 Å². The number of benzene rings is 2. The average Bonchev–Trinajstić information content (AvgIpc) is 3.13. The summed E-state index contributed by atoms with van der Waals surface area (Å²) in [5, 5.41) is 105. The van der Waals surface area contributed by atoms with Crippen LogP contribution in [0.25, 0.3) is 22.3 Å². The van der Waals surface area contributed by atoms with E-state index in [9.17, 15) is 60.7 Å². The lowest BCUT2D eigenvalue weighted by Crippen LogP contribution is -2.65. The minimum Gasteiger partial charge on any atom is -0.508 e. The van der Waals surface area contributed by atoms with Crippen LogP contribution in [0.3, 0.4) is 0 Å². The predicted molar refractivity (Wildman–Crippen MR) is 179 cm³/mol. The van der Waals surface area contributed by atoms with E-state index in [2.05, 4.69) is 0 Å². The predicted octanol–water partition coefficient (Wildman–Crippen LogP) is -1.97. The highest BCUT2D eigenvalue weighted by atomic mass is 16.8. The summed E-state index contributed by atoms with van der Waals surface area (Å²) in [6.45, 7) is 3.21. The van der Waals surface area contributed by atoms with Crippen molar-refractivity contribution in [3.05, 3.63) is 46.6 Å². The number of hydrogen-bond acceptors (Lipinski definition) is 20. The number of fused-ring (bicyclic) bond motifs is 1. The number of aliphatic hydroxyl groups is 7. The van der Waals surface area contributed by atoms with E-state index in [0.29, 0.717) is 0 Å². The van der Waals surface area contributed by atoms with Gasteiger partial charge >= 0.3 is 5.97 Å². The largest absolute Gasteiger partial charge is 0.508 e. The van der Waals surface area contributed by atoms with E-state index >= 15 is 0 Å². The number of hydrogen-bond donors (Lipinski definition) is 10. The Morgan fingerprint density at radius 2 is 1.35 bits per heavy atom. The van der Waals surface area contributed by atoms with Crippen molar-refractivity contribution in [3.63, 3.8) is 0 Å². The van der Waals surface area contributed by atoms with Gasteiger partial charge in [-0.2, -0.15) is 0 Å². The molecule has 15 unspecified atom stereocenters. The minimum absolute atomic E-state index is 0.126. The fourth-order valence-electron chi connectivity index (χ4n) is 6.55. The zero-order valence-electron chi connectivity index (χ0n) is 29.4. The van der Waals surface area contributed by atoms with E-state index < -0.39 is 133 Å². The Labute approximate surface area is 310 Å². The molecule has 3 aromatic rings. The number of phenolic OH excluding ortho intramolecular Hbond substituents is 3. The first-order valence-electron chi connectivity index (χ1n) is 17.1. The highest BCUT2D eigenvalue weighted by Gasteiger charge is 2.53. The molecule has 0 radical (unpaired) electrons. The molecular weight excluding hydrogens is 740 g/mol. The molecule has 0 spiro atoms. The maximum atomic E-state index is 14.1. The number of ether oxygens (including phenoxy) is 7. The summed E-state index contributed by atoms with van der Waals surface area (Å²) in [5.41, 5.74) is -1.19. The molecule has 3 aliphatic rings. The van der Waals surface area contributed by atoms with Gasteiger partial charge in [0.05, 0.1) is 18.8 Å². The first-order chi connectivity index (χ1) is 26.0. The number of phenols is 3. The Hall–Kier alpha value is -4.16. The summed E-state index contributed by atoms with van der Waals surface area (Å²) in [5.74, 6) is -3.10. The molecule has 4 heterocycles. The lowest BCUT2D eigenvalue weighted by Gasteiger charge is -2.46. The molecule has 1 aromatic heterocycles. The van der Waals surface area contributed by atoms with Crippen LogP contribution < -0.4 is 10.2 Å². The summed E-state index contributed by atoms with van der Waals surface area (Å²) in [4.78, 5) is 25.7. The second-order valence-corrected chi connectivity index (χ2v) is 13.5. The number of aromatic hydroxyl groups is 3. The number of carbonyl (C=O) groups is 1. The quantitative estimate of drug-likeness (QED) is 0.105. The van der Waals surface area contributed by atoms with Crippen LogP contribution in [0.4, 0.5) is 0 Å². The van der Waals surface area contributed by atoms with Gasteiger partial charge in [0.25, 0.3) is 0 Å². The van der Waals surface area contributed by atoms with Gasteiger partial charge in [0.1, 0.15) is 77.0 Å². The molecule has 3 saturated heterocycles. The Kier molecular flexibility index (Phi) is 11.9. The third-order valence-electron chi connectivity index (χ3n) is 9.53. The van der Waals surface area contributed by atoms with Gasteiger partial charge in [-0.15, -0.1) is 0 Å². The van der Waals surface area contributed by atoms with Crippen LogP contribution in [-0.4, -0.2) is 156 Å². The molecule has 20 nitrogen and oxygen atoms in total. The van der Waals surface area contributed by atoms with Crippen LogP contribution in [0.2, 0.25) is 0 Å². The van der Waals surface area contributed by atoms with Gasteiger partial charge < -0.3 is 88.6 Å². The molecule has 6 rings (SSSR count). The number of aliphatic hydroxyl groups excluding tert-OH is 7. The Balaban J connectivity index is 1.38. The van der Waals surface area contributed by atoms with Gasteiger partial charge in [0.2, 0.25) is 17.5 Å². The van der Waals surface area contributed by atoms with Crippen molar-refractivity contribution < 1.29 is 93.4 Å². The highest BCUT2D eigenvalue weighted by Crippen LogP contribution is 2.39. The molecule has 20 heteroatoms. The minimum atomic E-state index is -2.03. The second-order valence-electron chi connectivity index (χ2n) is 13.5. The first kappa shape index (κ1) is 40.5. The van der Waals surface area contributed by atoms with Crippen molar-refractivity contribution in [1.82, 2.24) is 0 Å². The van der Waals surface area contributed by atoms with Crippen molar-refractivity contribution in [2.75, 3.05) is 6.61 Å². The van der Waals surface area contributed by atoms with Gasteiger partial charge in [-0.25, -0.2) is 0 Å². The van der Waals surface area contributed by atoms with E-state index in [4.69, 9.17) is 37.6 Å². The third kappa shape index (κ3) is 8.08. The molecule has 3 fully saturated rings. The van der Waals surface area contributed by atoms with Crippen molar-refractivity contribution in [2.24, 2.45) is 0 Å². The number of esters is 1. The normalized spacial score (nSPS) is 36.7. The standard InChI is InChI=1S/C35H42O20/c1-11-21(40)24(43)27(46)33(49-11)48-10-19-22(41)25(44)32(55-34-28(47)26(45)29(12(2)50-34)51-13(3)36)35(53-19)54-31-23(42)20-17(39)8-16(38)9-18(20)52-30(31)14-4-6-15(37)7-5-14/h4-9,11-12,19,21-22,24-29,32-35,37-41,43-47H,10H2,1-3H3. The molecule has 10 N–H and O–H groups in total. The molecule has 0 aliphatic carbocycles. The maximum Gasteiger partial charge on any atom is 0.303 e. The van der Waals surface area contributed by atoms with Crippen LogP contribution in [0.5, 0.6) is 23.0 Å². The summed E-state index contributed by atoms with van der Waals surface area (Å²) < 4.78 is 45.7. The van der Waals surface area contributed by atoms with Crippen molar-refractivity contribution >= 4 is 16.9 Å². The monoisotopic (exact) mass is 782 g/mol. The summed E-state index contributed by atoms with van der Waals surface area (Å²) in [6, 6.07) is 7.13. The van der Waals surface area contributed by atoms with Gasteiger partial charge in [0.15, 0.2) is 30.5 Å². The first-order valence-corrected chi connectivity index (χ1v) is 17.1. The summed E-state index contributed by atoms with van der Waals surface area (Å²) in [6.07, 6.45) is -24.7.